The number of hydrogen-bond donors (Lipinski definition) is 1. The maximum Gasteiger partial charge on any atom is 0.225 e. The average molecular weight is 303 g/mol. The second kappa shape index (κ2) is 5.69. The summed E-state index contributed by atoms with van der Waals surface area (Å²) in [5.41, 5.74) is 0. The molecule has 20 heavy (non-hydrogen) atoms. The van der Waals surface area contributed by atoms with E-state index in [-0.39, 0.29) is 30.2 Å². The zero-order valence-corrected chi connectivity index (χ0v) is 12.6. The molecule has 0 aromatic carbocycles. The first-order valence-electron chi connectivity index (χ1n) is 6.77. The van der Waals surface area contributed by atoms with E-state index in [9.17, 15) is 18.0 Å². The maximum absolute atomic E-state index is 12.1. The van der Waals surface area contributed by atoms with Crippen molar-refractivity contribution in [2.24, 2.45) is 5.92 Å². The molecule has 0 radical (unpaired) electrons. The molecule has 0 aromatic heterocycles. The normalized spacial score (nSPS) is 28.7. The molecule has 8 heteroatoms. The highest BCUT2D eigenvalue weighted by atomic mass is 32.2. The van der Waals surface area contributed by atoms with E-state index >= 15 is 0 Å². The highest BCUT2D eigenvalue weighted by molar-refractivity contribution is 7.88. The Labute approximate surface area is 119 Å². The van der Waals surface area contributed by atoms with Crippen LogP contribution in [0.4, 0.5) is 0 Å². The Bertz CT molecular complexity index is 505. The van der Waals surface area contributed by atoms with Gasteiger partial charge in [0.25, 0.3) is 0 Å². The van der Waals surface area contributed by atoms with Crippen LogP contribution in [0.5, 0.6) is 0 Å². The van der Waals surface area contributed by atoms with Gasteiger partial charge in [-0.2, -0.15) is 0 Å². The summed E-state index contributed by atoms with van der Waals surface area (Å²) in [6.07, 6.45) is 2.93. The van der Waals surface area contributed by atoms with Crippen molar-refractivity contribution in [2.75, 3.05) is 32.9 Å². The van der Waals surface area contributed by atoms with Gasteiger partial charge < -0.3 is 10.2 Å². The van der Waals surface area contributed by atoms with E-state index in [1.165, 1.54) is 10.6 Å². The second-order valence-electron chi connectivity index (χ2n) is 5.64. The number of rotatable bonds is 3. The molecule has 0 spiro atoms. The molecule has 0 unspecified atom stereocenters. The van der Waals surface area contributed by atoms with Gasteiger partial charge in [-0.3, -0.25) is 9.59 Å². The molecule has 2 heterocycles. The van der Waals surface area contributed by atoms with Crippen LogP contribution in [0.15, 0.2) is 0 Å². The Morgan fingerprint density at radius 1 is 1.35 bits per heavy atom. The third-order valence-electron chi connectivity index (χ3n) is 3.91. The number of sulfonamides is 1. The van der Waals surface area contributed by atoms with Gasteiger partial charge in [-0.15, -0.1) is 0 Å². The summed E-state index contributed by atoms with van der Waals surface area (Å²) < 4.78 is 24.4. The zero-order chi connectivity index (χ0) is 14.9. The molecular weight excluding hydrogens is 282 g/mol. The molecule has 0 bridgehead atoms. The molecule has 2 atom stereocenters. The number of hydrogen-bond acceptors (Lipinski definition) is 4. The standard InChI is InChI=1S/C12H21N3O4S/c1-14-7-9(6-11(14)16)12(17)13-10-4-3-5-15(8-10)20(2,18)19/h9-10H,3-8H2,1-2H3,(H,13,17)/t9-,10+/m1/s1. The maximum atomic E-state index is 12.1. The molecule has 2 saturated heterocycles. The molecular formula is C12H21N3O4S. The van der Waals surface area contributed by atoms with Gasteiger partial charge in [0.15, 0.2) is 0 Å². The number of carbonyl (C=O) groups excluding carboxylic acids is 2. The molecule has 114 valence electrons. The SMILES string of the molecule is CN1C[C@H](C(=O)N[C@H]2CCCN(S(C)(=O)=O)C2)CC1=O. The van der Waals surface area contributed by atoms with E-state index in [0.29, 0.717) is 19.6 Å². The van der Waals surface area contributed by atoms with Crippen LogP contribution in [0.1, 0.15) is 19.3 Å². The number of carbonyl (C=O) groups is 2. The second-order valence-corrected chi connectivity index (χ2v) is 7.63. The Hall–Kier alpha value is -1.15. The van der Waals surface area contributed by atoms with Crippen molar-refractivity contribution in [3.63, 3.8) is 0 Å². The fourth-order valence-electron chi connectivity index (χ4n) is 2.72. The predicted octanol–water partition coefficient (Wildman–Crippen LogP) is -0.995. The van der Waals surface area contributed by atoms with Crippen molar-refractivity contribution in [1.82, 2.24) is 14.5 Å². The largest absolute Gasteiger partial charge is 0.352 e. The summed E-state index contributed by atoms with van der Waals surface area (Å²) in [7, 11) is -1.53. The van der Waals surface area contributed by atoms with Crippen LogP contribution in [0, 0.1) is 5.92 Å². The highest BCUT2D eigenvalue weighted by Gasteiger charge is 2.34. The number of piperidine rings is 1. The lowest BCUT2D eigenvalue weighted by molar-refractivity contribution is -0.128. The van der Waals surface area contributed by atoms with Crippen LogP contribution in [-0.2, 0) is 19.6 Å². The molecule has 0 aliphatic carbocycles. The van der Waals surface area contributed by atoms with E-state index in [0.717, 1.165) is 12.8 Å². The molecule has 2 amide bonds. The quantitative estimate of drug-likeness (QED) is 0.725. The van der Waals surface area contributed by atoms with Gasteiger partial charge in [0.05, 0.1) is 12.2 Å². The molecule has 0 aromatic rings. The van der Waals surface area contributed by atoms with Gasteiger partial charge >= 0.3 is 0 Å². The summed E-state index contributed by atoms with van der Waals surface area (Å²) in [5, 5.41) is 2.88. The van der Waals surface area contributed by atoms with Gasteiger partial charge in [-0.1, -0.05) is 0 Å². The van der Waals surface area contributed by atoms with E-state index in [2.05, 4.69) is 5.32 Å². The monoisotopic (exact) mass is 303 g/mol. The fraction of sp³-hybridized carbons (Fsp3) is 0.833. The Kier molecular flexibility index (Phi) is 4.33. The zero-order valence-electron chi connectivity index (χ0n) is 11.8. The molecule has 2 fully saturated rings. The van der Waals surface area contributed by atoms with Crippen LogP contribution < -0.4 is 5.32 Å². The van der Waals surface area contributed by atoms with E-state index in [1.807, 2.05) is 0 Å². The molecule has 2 aliphatic heterocycles. The molecule has 1 N–H and O–H groups in total. The van der Waals surface area contributed by atoms with Crippen LogP contribution in [0.25, 0.3) is 0 Å². The first-order valence-corrected chi connectivity index (χ1v) is 8.61. The third kappa shape index (κ3) is 3.49. The molecule has 7 nitrogen and oxygen atoms in total. The van der Waals surface area contributed by atoms with Crippen molar-refractivity contribution in [1.29, 1.82) is 0 Å². The Morgan fingerprint density at radius 2 is 2.05 bits per heavy atom. The third-order valence-corrected chi connectivity index (χ3v) is 5.18. The van der Waals surface area contributed by atoms with E-state index < -0.39 is 10.0 Å². The number of likely N-dealkylation sites (tertiary alicyclic amines) is 1. The smallest absolute Gasteiger partial charge is 0.225 e. The van der Waals surface area contributed by atoms with Crippen molar-refractivity contribution in [3.05, 3.63) is 0 Å². The van der Waals surface area contributed by atoms with Gasteiger partial charge in [0.1, 0.15) is 0 Å². The fourth-order valence-corrected chi connectivity index (χ4v) is 3.63. The van der Waals surface area contributed by atoms with Gasteiger partial charge in [-0.05, 0) is 12.8 Å². The Morgan fingerprint density at radius 3 is 2.60 bits per heavy atom. The predicted molar refractivity (Wildman–Crippen MR) is 73.3 cm³/mol. The topological polar surface area (TPSA) is 86.8 Å². The summed E-state index contributed by atoms with van der Waals surface area (Å²) in [4.78, 5) is 25.1. The minimum absolute atomic E-state index is 0.0217. The van der Waals surface area contributed by atoms with Crippen molar-refractivity contribution in [3.8, 4) is 0 Å². The molecule has 2 rings (SSSR count). The van der Waals surface area contributed by atoms with E-state index in [1.54, 1.807) is 11.9 Å². The number of nitrogens with one attached hydrogen (secondary N) is 1. The molecule has 0 saturated carbocycles. The number of amides is 2. The lowest BCUT2D eigenvalue weighted by Gasteiger charge is -2.31. The van der Waals surface area contributed by atoms with E-state index in [4.69, 9.17) is 0 Å². The van der Waals surface area contributed by atoms with Crippen molar-refractivity contribution in [2.45, 2.75) is 25.3 Å². The van der Waals surface area contributed by atoms with Gasteiger partial charge in [0.2, 0.25) is 21.8 Å². The van der Waals surface area contributed by atoms with Crippen LogP contribution in [0.3, 0.4) is 0 Å². The summed E-state index contributed by atoms with van der Waals surface area (Å²) >= 11 is 0. The summed E-state index contributed by atoms with van der Waals surface area (Å²) in [6.45, 7) is 1.27. The lowest BCUT2D eigenvalue weighted by atomic mass is 10.0. The van der Waals surface area contributed by atoms with Crippen LogP contribution in [-0.4, -0.2) is 68.4 Å². The first kappa shape index (κ1) is 15.2. The minimum atomic E-state index is -3.21. The van der Waals surface area contributed by atoms with Crippen molar-refractivity contribution >= 4 is 21.8 Å². The van der Waals surface area contributed by atoms with Gasteiger partial charge in [0, 0.05) is 39.1 Å². The highest BCUT2D eigenvalue weighted by Crippen LogP contribution is 2.18. The van der Waals surface area contributed by atoms with Crippen molar-refractivity contribution < 1.29 is 18.0 Å². The minimum Gasteiger partial charge on any atom is -0.352 e. The number of nitrogens with zero attached hydrogens (tertiary/aromatic N) is 2. The first-order chi connectivity index (χ1) is 9.27. The van der Waals surface area contributed by atoms with Gasteiger partial charge in [-0.25, -0.2) is 12.7 Å². The van der Waals surface area contributed by atoms with Crippen LogP contribution >= 0.6 is 0 Å². The summed E-state index contributed by atoms with van der Waals surface area (Å²) in [6, 6.07) is -0.160. The molecule has 2 aliphatic rings. The van der Waals surface area contributed by atoms with Crippen LogP contribution in [0.2, 0.25) is 0 Å². The average Bonchev–Trinajstić information content (AvgIpc) is 2.69. The Balaban J connectivity index is 1.90. The summed E-state index contributed by atoms with van der Waals surface area (Å²) in [5.74, 6) is -0.490. The lowest BCUT2D eigenvalue weighted by Crippen LogP contribution is -2.50.